The molecule has 4 heteroatoms. The number of piperidine rings is 1. The Bertz CT molecular complexity index is 421. The Morgan fingerprint density at radius 1 is 1.44 bits per heavy atom. The summed E-state index contributed by atoms with van der Waals surface area (Å²) in [5.41, 5.74) is 7.95. The van der Waals surface area contributed by atoms with E-state index in [4.69, 9.17) is 10.8 Å². The standard InChI is InChI=1S/C14H21FN2O/c1-10-8-14(13(16)9-12(10)15)17-6-3-2-4-11(17)5-7-18/h8-9,11,18H,2-7,16H2,1H3. The van der Waals surface area contributed by atoms with E-state index in [0.717, 1.165) is 31.5 Å². The topological polar surface area (TPSA) is 49.5 Å². The Labute approximate surface area is 107 Å². The van der Waals surface area contributed by atoms with Gasteiger partial charge in [-0.3, -0.25) is 0 Å². The molecule has 0 amide bonds. The molecule has 3 nitrogen and oxygen atoms in total. The van der Waals surface area contributed by atoms with Gasteiger partial charge < -0.3 is 15.7 Å². The lowest BCUT2D eigenvalue weighted by Crippen LogP contribution is -2.40. The van der Waals surface area contributed by atoms with Crippen molar-refractivity contribution in [1.82, 2.24) is 0 Å². The van der Waals surface area contributed by atoms with Gasteiger partial charge in [-0.2, -0.15) is 0 Å². The van der Waals surface area contributed by atoms with E-state index >= 15 is 0 Å². The first kappa shape index (κ1) is 13.1. The van der Waals surface area contributed by atoms with E-state index in [1.54, 1.807) is 6.92 Å². The van der Waals surface area contributed by atoms with Gasteiger partial charge in [0, 0.05) is 19.2 Å². The lowest BCUT2D eigenvalue weighted by Gasteiger charge is -2.38. The summed E-state index contributed by atoms with van der Waals surface area (Å²) in [6.45, 7) is 2.87. The van der Waals surface area contributed by atoms with Gasteiger partial charge in [0.2, 0.25) is 0 Å². The van der Waals surface area contributed by atoms with Crippen molar-refractivity contribution in [1.29, 1.82) is 0 Å². The molecule has 1 heterocycles. The summed E-state index contributed by atoms with van der Waals surface area (Å²) in [5, 5.41) is 9.13. The van der Waals surface area contributed by atoms with Crippen LogP contribution in [0.3, 0.4) is 0 Å². The predicted octanol–water partition coefficient (Wildman–Crippen LogP) is 2.46. The van der Waals surface area contributed by atoms with Crippen LogP contribution in [0.25, 0.3) is 0 Å². The average Bonchev–Trinajstić information content (AvgIpc) is 2.35. The van der Waals surface area contributed by atoms with Gasteiger partial charge in [-0.25, -0.2) is 4.39 Å². The van der Waals surface area contributed by atoms with Crippen LogP contribution in [-0.2, 0) is 0 Å². The number of hydrogen-bond acceptors (Lipinski definition) is 3. The zero-order chi connectivity index (χ0) is 13.1. The molecular weight excluding hydrogens is 231 g/mol. The van der Waals surface area contributed by atoms with E-state index in [0.29, 0.717) is 17.3 Å². The van der Waals surface area contributed by atoms with Crippen LogP contribution in [0.15, 0.2) is 12.1 Å². The van der Waals surface area contributed by atoms with Crippen molar-refractivity contribution in [2.75, 3.05) is 23.8 Å². The minimum absolute atomic E-state index is 0.182. The van der Waals surface area contributed by atoms with Gasteiger partial charge in [0.05, 0.1) is 11.4 Å². The van der Waals surface area contributed by atoms with Gasteiger partial charge in [-0.05, 0) is 50.3 Å². The molecule has 1 unspecified atom stereocenters. The number of nitrogens with two attached hydrogens (primary N) is 1. The van der Waals surface area contributed by atoms with E-state index in [9.17, 15) is 4.39 Å². The SMILES string of the molecule is Cc1cc(N2CCCCC2CCO)c(N)cc1F. The molecule has 2 rings (SSSR count). The van der Waals surface area contributed by atoms with Gasteiger partial charge in [-0.15, -0.1) is 0 Å². The number of benzene rings is 1. The highest BCUT2D eigenvalue weighted by atomic mass is 19.1. The minimum Gasteiger partial charge on any atom is -0.397 e. The summed E-state index contributed by atoms with van der Waals surface area (Å²) in [6.07, 6.45) is 4.12. The molecule has 1 saturated heterocycles. The Hall–Kier alpha value is -1.29. The number of aliphatic hydroxyl groups is 1. The van der Waals surface area contributed by atoms with E-state index < -0.39 is 0 Å². The Balaban J connectivity index is 2.30. The fourth-order valence-electron chi connectivity index (χ4n) is 2.70. The quantitative estimate of drug-likeness (QED) is 0.812. The second-order valence-electron chi connectivity index (χ2n) is 5.02. The largest absolute Gasteiger partial charge is 0.397 e. The smallest absolute Gasteiger partial charge is 0.128 e. The molecule has 1 atom stereocenters. The van der Waals surface area contributed by atoms with Crippen LogP contribution < -0.4 is 10.6 Å². The molecule has 0 radical (unpaired) electrons. The third-order valence-corrected chi connectivity index (χ3v) is 3.71. The van der Waals surface area contributed by atoms with Crippen molar-refractivity contribution in [2.45, 2.75) is 38.6 Å². The number of anilines is 2. The second-order valence-corrected chi connectivity index (χ2v) is 5.02. The van der Waals surface area contributed by atoms with Crippen molar-refractivity contribution in [3.05, 3.63) is 23.5 Å². The summed E-state index contributed by atoms with van der Waals surface area (Å²) in [4.78, 5) is 2.22. The average molecular weight is 252 g/mol. The highest BCUT2D eigenvalue weighted by Gasteiger charge is 2.24. The normalized spacial score (nSPS) is 20.2. The number of nitrogen functional groups attached to an aromatic ring is 1. The number of halogens is 1. The van der Waals surface area contributed by atoms with Crippen LogP contribution in [0.2, 0.25) is 0 Å². The molecule has 3 N–H and O–H groups in total. The van der Waals surface area contributed by atoms with Crippen LogP contribution in [-0.4, -0.2) is 24.3 Å². The number of rotatable bonds is 3. The lowest BCUT2D eigenvalue weighted by molar-refractivity contribution is 0.262. The fourth-order valence-corrected chi connectivity index (χ4v) is 2.70. The van der Waals surface area contributed by atoms with Crippen LogP contribution in [0.1, 0.15) is 31.2 Å². The molecule has 1 aliphatic rings. The van der Waals surface area contributed by atoms with E-state index in [1.165, 1.54) is 12.5 Å². The molecule has 0 bridgehead atoms. The van der Waals surface area contributed by atoms with E-state index in [2.05, 4.69) is 4.90 Å². The number of nitrogens with zero attached hydrogens (tertiary/aromatic N) is 1. The maximum Gasteiger partial charge on any atom is 0.128 e. The Morgan fingerprint density at radius 2 is 2.22 bits per heavy atom. The number of hydrogen-bond donors (Lipinski definition) is 2. The molecule has 1 aromatic carbocycles. The van der Waals surface area contributed by atoms with Crippen molar-refractivity contribution in [3.8, 4) is 0 Å². The molecule has 18 heavy (non-hydrogen) atoms. The molecule has 0 saturated carbocycles. The Morgan fingerprint density at radius 3 is 2.94 bits per heavy atom. The zero-order valence-electron chi connectivity index (χ0n) is 10.8. The van der Waals surface area contributed by atoms with Crippen molar-refractivity contribution >= 4 is 11.4 Å². The first-order valence-corrected chi connectivity index (χ1v) is 6.56. The molecule has 1 fully saturated rings. The first-order chi connectivity index (χ1) is 8.63. The van der Waals surface area contributed by atoms with Crippen molar-refractivity contribution in [3.63, 3.8) is 0 Å². The summed E-state index contributed by atoms with van der Waals surface area (Å²) < 4.78 is 13.4. The Kier molecular flexibility index (Phi) is 4.07. The first-order valence-electron chi connectivity index (χ1n) is 6.56. The number of aryl methyl sites for hydroxylation is 1. The molecule has 1 aromatic rings. The molecule has 0 spiro atoms. The zero-order valence-corrected chi connectivity index (χ0v) is 10.8. The molecule has 1 aliphatic heterocycles. The monoisotopic (exact) mass is 252 g/mol. The van der Waals surface area contributed by atoms with E-state index in [1.807, 2.05) is 6.07 Å². The maximum atomic E-state index is 13.4. The van der Waals surface area contributed by atoms with Crippen LogP contribution >= 0.6 is 0 Å². The maximum absolute atomic E-state index is 13.4. The van der Waals surface area contributed by atoms with Crippen molar-refractivity contribution < 1.29 is 9.50 Å². The van der Waals surface area contributed by atoms with Gasteiger partial charge in [0.25, 0.3) is 0 Å². The molecular formula is C14H21FN2O. The minimum atomic E-state index is -0.257. The lowest BCUT2D eigenvalue weighted by atomic mass is 9.98. The van der Waals surface area contributed by atoms with Gasteiger partial charge in [0.1, 0.15) is 5.82 Å². The summed E-state index contributed by atoms with van der Waals surface area (Å²) >= 11 is 0. The molecule has 100 valence electrons. The third kappa shape index (κ3) is 2.58. The highest BCUT2D eigenvalue weighted by Crippen LogP contribution is 2.32. The van der Waals surface area contributed by atoms with Crippen LogP contribution in [0.5, 0.6) is 0 Å². The van der Waals surface area contributed by atoms with Gasteiger partial charge in [0.15, 0.2) is 0 Å². The summed E-state index contributed by atoms with van der Waals surface area (Å²) in [7, 11) is 0. The molecule has 0 aromatic heterocycles. The van der Waals surface area contributed by atoms with Gasteiger partial charge >= 0.3 is 0 Å². The summed E-state index contributed by atoms with van der Waals surface area (Å²) in [6, 6.07) is 3.53. The van der Waals surface area contributed by atoms with Crippen molar-refractivity contribution in [2.24, 2.45) is 0 Å². The molecule has 0 aliphatic carbocycles. The predicted molar refractivity (Wildman–Crippen MR) is 72.2 cm³/mol. The van der Waals surface area contributed by atoms with Crippen LogP contribution in [0.4, 0.5) is 15.8 Å². The van der Waals surface area contributed by atoms with Crippen LogP contribution in [0, 0.1) is 12.7 Å². The highest BCUT2D eigenvalue weighted by molar-refractivity contribution is 5.69. The second kappa shape index (κ2) is 5.57. The fraction of sp³-hybridized carbons (Fsp3) is 0.571. The summed E-state index contributed by atoms with van der Waals surface area (Å²) in [5.74, 6) is -0.257. The van der Waals surface area contributed by atoms with E-state index in [-0.39, 0.29) is 12.4 Å². The third-order valence-electron chi connectivity index (χ3n) is 3.71. The van der Waals surface area contributed by atoms with Gasteiger partial charge in [-0.1, -0.05) is 0 Å². The number of aliphatic hydroxyl groups excluding tert-OH is 1.